The van der Waals surface area contributed by atoms with E-state index in [1.165, 1.54) is 19.3 Å². The van der Waals surface area contributed by atoms with Crippen LogP contribution in [-0.4, -0.2) is 16.5 Å². The zero-order valence-electron chi connectivity index (χ0n) is 13.0. The first kappa shape index (κ1) is 15.1. The van der Waals surface area contributed by atoms with Crippen LogP contribution >= 0.6 is 0 Å². The monoisotopic (exact) mass is 300 g/mol. The molecule has 5 nitrogen and oxygen atoms in total. The number of ether oxygens (including phenoxy) is 1. The number of hydrogen-bond acceptors (Lipinski definition) is 4. The van der Waals surface area contributed by atoms with Crippen molar-refractivity contribution in [3.8, 4) is 0 Å². The lowest BCUT2D eigenvalue weighted by Gasteiger charge is -2.15. The molecule has 0 saturated heterocycles. The Bertz CT molecular complexity index is 596. The van der Waals surface area contributed by atoms with E-state index in [0.717, 1.165) is 17.1 Å². The fourth-order valence-corrected chi connectivity index (χ4v) is 3.16. The Morgan fingerprint density at radius 2 is 2.14 bits per heavy atom. The summed E-state index contributed by atoms with van der Waals surface area (Å²) in [6, 6.07) is 10.6. The molecule has 1 fully saturated rings. The van der Waals surface area contributed by atoms with Gasteiger partial charge in [0.1, 0.15) is 0 Å². The summed E-state index contributed by atoms with van der Waals surface area (Å²) in [6.07, 6.45) is 5.86. The average Bonchev–Trinajstić information content (AvgIpc) is 3.12. The third-order valence-corrected chi connectivity index (χ3v) is 4.38. The van der Waals surface area contributed by atoms with Crippen molar-refractivity contribution < 1.29 is 4.74 Å². The molecular weight excluding hydrogens is 276 g/mol. The molecule has 1 aromatic heterocycles. The van der Waals surface area contributed by atoms with Crippen LogP contribution in [0.2, 0.25) is 0 Å². The quantitative estimate of drug-likeness (QED) is 0.802. The number of benzene rings is 1. The van der Waals surface area contributed by atoms with Crippen molar-refractivity contribution in [1.82, 2.24) is 9.78 Å². The van der Waals surface area contributed by atoms with E-state index in [2.05, 4.69) is 23.1 Å². The maximum absolute atomic E-state index is 5.46. The van der Waals surface area contributed by atoms with Gasteiger partial charge in [0.15, 0.2) is 5.82 Å². The number of nitrogens with one attached hydrogen (secondary N) is 1. The van der Waals surface area contributed by atoms with Gasteiger partial charge in [0.05, 0.1) is 19.4 Å². The Hall–Kier alpha value is -1.85. The van der Waals surface area contributed by atoms with E-state index < -0.39 is 0 Å². The number of nitrogens with two attached hydrogens (primary N) is 1. The van der Waals surface area contributed by atoms with Gasteiger partial charge >= 0.3 is 0 Å². The summed E-state index contributed by atoms with van der Waals surface area (Å²) in [6.45, 7) is 3.00. The van der Waals surface area contributed by atoms with Gasteiger partial charge in [-0.05, 0) is 30.9 Å². The van der Waals surface area contributed by atoms with Crippen LogP contribution in [0, 0.1) is 5.92 Å². The van der Waals surface area contributed by atoms with Gasteiger partial charge in [0.25, 0.3) is 0 Å². The van der Waals surface area contributed by atoms with Gasteiger partial charge in [-0.25, -0.2) is 0 Å². The maximum atomic E-state index is 5.46. The molecule has 0 spiro atoms. The Balaban J connectivity index is 1.84. The highest BCUT2D eigenvalue weighted by atomic mass is 16.5. The third-order valence-electron chi connectivity index (χ3n) is 4.38. The Labute approximate surface area is 131 Å². The second-order valence-electron chi connectivity index (χ2n) is 5.96. The summed E-state index contributed by atoms with van der Waals surface area (Å²) in [5.41, 5.74) is 7.54. The topological polar surface area (TPSA) is 65.1 Å². The lowest BCUT2D eigenvalue weighted by molar-refractivity contribution is 0.128. The number of hydrogen-bond donors (Lipinski definition) is 2. The molecule has 0 amide bonds. The number of aromatic nitrogens is 2. The van der Waals surface area contributed by atoms with E-state index in [-0.39, 0.29) is 6.73 Å². The fourth-order valence-electron chi connectivity index (χ4n) is 3.16. The fraction of sp³-hybridized carbons (Fsp3) is 0.471. The molecule has 1 heterocycles. The predicted octanol–water partition coefficient (Wildman–Crippen LogP) is 3.42. The summed E-state index contributed by atoms with van der Waals surface area (Å²) in [4.78, 5) is 0. The van der Waals surface area contributed by atoms with Crippen LogP contribution in [0.5, 0.6) is 0 Å². The molecule has 118 valence electrons. The van der Waals surface area contributed by atoms with Crippen molar-refractivity contribution in [2.24, 2.45) is 11.7 Å². The highest BCUT2D eigenvalue weighted by Crippen LogP contribution is 2.36. The van der Waals surface area contributed by atoms with Gasteiger partial charge in [-0.2, -0.15) is 5.10 Å². The van der Waals surface area contributed by atoms with Gasteiger partial charge < -0.3 is 15.8 Å². The highest BCUT2D eigenvalue weighted by Gasteiger charge is 2.26. The highest BCUT2D eigenvalue weighted by molar-refractivity contribution is 5.58. The smallest absolute Gasteiger partial charge is 0.157 e. The van der Waals surface area contributed by atoms with E-state index in [0.29, 0.717) is 18.6 Å². The first-order valence-electron chi connectivity index (χ1n) is 7.96. The van der Waals surface area contributed by atoms with E-state index in [1.54, 1.807) is 0 Å². The predicted molar refractivity (Wildman–Crippen MR) is 87.8 cm³/mol. The SMILES string of the molecule is C[C@H]1CCC[C@@H]1n1cc(COCN)c(Nc2ccccc2)n1. The van der Waals surface area contributed by atoms with Crippen molar-refractivity contribution in [2.45, 2.75) is 38.8 Å². The Kier molecular flexibility index (Phi) is 4.75. The Morgan fingerprint density at radius 3 is 2.82 bits per heavy atom. The number of anilines is 2. The van der Waals surface area contributed by atoms with Crippen LogP contribution in [-0.2, 0) is 11.3 Å². The number of para-hydroxylation sites is 1. The largest absolute Gasteiger partial charge is 0.362 e. The molecule has 5 heteroatoms. The number of rotatable bonds is 6. The lowest BCUT2D eigenvalue weighted by atomic mass is 10.1. The molecule has 0 bridgehead atoms. The van der Waals surface area contributed by atoms with Crippen molar-refractivity contribution >= 4 is 11.5 Å². The molecule has 22 heavy (non-hydrogen) atoms. The van der Waals surface area contributed by atoms with Gasteiger partial charge in [-0.15, -0.1) is 0 Å². The maximum Gasteiger partial charge on any atom is 0.157 e. The van der Waals surface area contributed by atoms with Crippen molar-refractivity contribution in [1.29, 1.82) is 0 Å². The number of nitrogens with zero attached hydrogens (tertiary/aromatic N) is 2. The molecule has 2 aromatic rings. The van der Waals surface area contributed by atoms with Crippen molar-refractivity contribution in [3.63, 3.8) is 0 Å². The molecular formula is C17H24N4O. The third kappa shape index (κ3) is 3.31. The van der Waals surface area contributed by atoms with E-state index >= 15 is 0 Å². The minimum atomic E-state index is 0.218. The molecule has 0 unspecified atom stereocenters. The summed E-state index contributed by atoms with van der Waals surface area (Å²) >= 11 is 0. The normalized spacial score (nSPS) is 21.2. The van der Waals surface area contributed by atoms with Crippen LogP contribution in [0.1, 0.15) is 37.8 Å². The molecule has 0 radical (unpaired) electrons. The summed E-state index contributed by atoms with van der Waals surface area (Å²) < 4.78 is 7.49. The molecule has 1 aliphatic carbocycles. The molecule has 2 atom stereocenters. The van der Waals surface area contributed by atoms with Crippen molar-refractivity contribution in [2.75, 3.05) is 12.0 Å². The second kappa shape index (κ2) is 6.94. The molecule has 3 rings (SSSR count). The van der Waals surface area contributed by atoms with Gasteiger partial charge in [0.2, 0.25) is 0 Å². The van der Waals surface area contributed by atoms with Crippen LogP contribution < -0.4 is 11.1 Å². The minimum Gasteiger partial charge on any atom is -0.362 e. The average molecular weight is 300 g/mol. The molecule has 1 aromatic carbocycles. The molecule has 1 aliphatic rings. The second-order valence-corrected chi connectivity index (χ2v) is 5.96. The zero-order valence-corrected chi connectivity index (χ0v) is 13.0. The van der Waals surface area contributed by atoms with E-state index in [1.807, 2.05) is 30.3 Å². The van der Waals surface area contributed by atoms with Crippen LogP contribution in [0.4, 0.5) is 11.5 Å². The molecule has 0 aliphatic heterocycles. The Morgan fingerprint density at radius 1 is 1.32 bits per heavy atom. The first-order chi connectivity index (χ1) is 10.8. The summed E-state index contributed by atoms with van der Waals surface area (Å²) in [7, 11) is 0. The van der Waals surface area contributed by atoms with Crippen LogP contribution in [0.3, 0.4) is 0 Å². The molecule has 3 N–H and O–H groups in total. The summed E-state index contributed by atoms with van der Waals surface area (Å²) in [5.74, 6) is 1.53. The van der Waals surface area contributed by atoms with Crippen LogP contribution in [0.15, 0.2) is 36.5 Å². The minimum absolute atomic E-state index is 0.218. The van der Waals surface area contributed by atoms with Crippen LogP contribution in [0.25, 0.3) is 0 Å². The standard InChI is InChI=1S/C17H24N4O/c1-13-6-5-9-16(13)21-10-14(11-22-12-18)17(20-21)19-15-7-3-2-4-8-15/h2-4,7-8,10,13,16H,5-6,9,11-12,18H2,1H3,(H,19,20)/t13-,16-/m0/s1. The lowest BCUT2D eigenvalue weighted by Crippen LogP contribution is -2.12. The summed E-state index contributed by atoms with van der Waals surface area (Å²) in [5, 5.41) is 8.16. The van der Waals surface area contributed by atoms with E-state index in [9.17, 15) is 0 Å². The van der Waals surface area contributed by atoms with Crippen molar-refractivity contribution in [3.05, 3.63) is 42.1 Å². The molecule has 1 saturated carbocycles. The van der Waals surface area contributed by atoms with Gasteiger partial charge in [0, 0.05) is 17.4 Å². The van der Waals surface area contributed by atoms with Gasteiger partial charge in [-0.1, -0.05) is 31.5 Å². The zero-order chi connectivity index (χ0) is 15.4. The van der Waals surface area contributed by atoms with Gasteiger partial charge in [-0.3, -0.25) is 4.68 Å². The first-order valence-corrected chi connectivity index (χ1v) is 7.96. The van der Waals surface area contributed by atoms with E-state index in [4.69, 9.17) is 15.6 Å².